The number of morpholine rings is 1. The summed E-state index contributed by atoms with van der Waals surface area (Å²) in [6, 6.07) is 24.4. The minimum Gasteiger partial charge on any atom is -0.494 e. The van der Waals surface area contributed by atoms with Crippen molar-refractivity contribution in [1.29, 1.82) is 0 Å². The number of aromatic nitrogens is 1. The maximum atomic E-state index is 12.6. The smallest absolute Gasteiger partial charge is 0.226 e. The summed E-state index contributed by atoms with van der Waals surface area (Å²) in [4.78, 5) is 20.9. The van der Waals surface area contributed by atoms with Gasteiger partial charge in [-0.05, 0) is 29.3 Å². The van der Waals surface area contributed by atoms with Gasteiger partial charge >= 0.3 is 0 Å². The number of nitrogens with zero attached hydrogens (tertiary/aromatic N) is 2. The summed E-state index contributed by atoms with van der Waals surface area (Å²) in [5.74, 6) is 0.780. The maximum absolute atomic E-state index is 12.6. The summed E-state index contributed by atoms with van der Waals surface area (Å²) in [5, 5.41) is 5.98. The summed E-state index contributed by atoms with van der Waals surface area (Å²) in [6.07, 6.45) is 1.02. The van der Waals surface area contributed by atoms with Crippen LogP contribution in [0.3, 0.4) is 0 Å². The fourth-order valence-electron chi connectivity index (χ4n) is 4.16. The summed E-state index contributed by atoms with van der Waals surface area (Å²) < 4.78 is 11.4. The van der Waals surface area contributed by atoms with Gasteiger partial charge in [0, 0.05) is 36.5 Å². The van der Waals surface area contributed by atoms with Crippen LogP contribution in [0.4, 0.5) is 5.13 Å². The standard InChI is InChI=1S/C28H29N3O3S/c32-26(11-6-16-34-24-13-12-21-7-4-5-10-23(21)19-24)29-28-30-27(22-8-2-1-3-9-22)25(35-28)20-31-14-17-33-18-15-31/h1-5,7-10,12-13,19H,6,11,14-18,20H2,(H,29,30,32). The molecule has 0 radical (unpaired) electrons. The van der Waals surface area contributed by atoms with Gasteiger partial charge in [-0.3, -0.25) is 9.69 Å². The second kappa shape index (κ2) is 11.4. The SMILES string of the molecule is O=C(CCCOc1ccc2ccccc2c1)Nc1nc(-c2ccccc2)c(CN2CCOCC2)s1. The van der Waals surface area contributed by atoms with Crippen molar-refractivity contribution in [3.05, 3.63) is 77.7 Å². The lowest BCUT2D eigenvalue weighted by Crippen LogP contribution is -2.35. The van der Waals surface area contributed by atoms with Crippen molar-refractivity contribution < 1.29 is 14.3 Å². The molecule has 35 heavy (non-hydrogen) atoms. The van der Waals surface area contributed by atoms with Crippen LogP contribution in [-0.4, -0.2) is 48.7 Å². The highest BCUT2D eigenvalue weighted by Crippen LogP contribution is 2.32. The molecule has 1 amide bonds. The molecule has 0 saturated carbocycles. The van der Waals surface area contributed by atoms with Crippen molar-refractivity contribution in [1.82, 2.24) is 9.88 Å². The molecular formula is C28H29N3O3S. The van der Waals surface area contributed by atoms with Gasteiger partial charge in [-0.15, -0.1) is 0 Å². The van der Waals surface area contributed by atoms with E-state index in [9.17, 15) is 4.79 Å². The number of ether oxygens (including phenoxy) is 2. The maximum Gasteiger partial charge on any atom is 0.226 e. The van der Waals surface area contributed by atoms with E-state index in [2.05, 4.69) is 40.5 Å². The number of thiazole rings is 1. The van der Waals surface area contributed by atoms with Crippen LogP contribution in [0.15, 0.2) is 72.8 Å². The van der Waals surface area contributed by atoms with Crippen LogP contribution in [0.25, 0.3) is 22.0 Å². The Morgan fingerprint density at radius 3 is 2.60 bits per heavy atom. The van der Waals surface area contributed by atoms with Gasteiger partial charge in [0.05, 0.1) is 25.5 Å². The van der Waals surface area contributed by atoms with Gasteiger partial charge in [-0.1, -0.05) is 72.0 Å². The minimum atomic E-state index is -0.0432. The average Bonchev–Trinajstić information content (AvgIpc) is 3.29. The molecule has 1 aliphatic rings. The van der Waals surface area contributed by atoms with Crippen LogP contribution in [0, 0.1) is 0 Å². The molecule has 0 unspecified atom stereocenters. The van der Waals surface area contributed by atoms with E-state index < -0.39 is 0 Å². The lowest BCUT2D eigenvalue weighted by molar-refractivity contribution is -0.116. The predicted octanol–water partition coefficient (Wildman–Crippen LogP) is 5.59. The summed E-state index contributed by atoms with van der Waals surface area (Å²) in [5.41, 5.74) is 2.01. The van der Waals surface area contributed by atoms with E-state index in [1.165, 1.54) is 5.39 Å². The van der Waals surface area contributed by atoms with Gasteiger partial charge in [0.1, 0.15) is 5.75 Å². The first-order valence-electron chi connectivity index (χ1n) is 12.0. The number of hydrogen-bond donors (Lipinski definition) is 1. The molecule has 6 nitrogen and oxygen atoms in total. The number of hydrogen-bond acceptors (Lipinski definition) is 6. The molecule has 3 aromatic carbocycles. The van der Waals surface area contributed by atoms with E-state index in [1.807, 2.05) is 42.5 Å². The summed E-state index contributed by atoms with van der Waals surface area (Å²) in [7, 11) is 0. The van der Waals surface area contributed by atoms with E-state index in [0.717, 1.165) is 60.1 Å². The van der Waals surface area contributed by atoms with Gasteiger partial charge in [-0.2, -0.15) is 0 Å². The molecule has 1 aliphatic heterocycles. The Morgan fingerprint density at radius 2 is 1.77 bits per heavy atom. The Kier molecular flexibility index (Phi) is 7.68. The monoisotopic (exact) mass is 487 g/mol. The van der Waals surface area contributed by atoms with Gasteiger partial charge in [0.2, 0.25) is 5.91 Å². The lowest BCUT2D eigenvalue weighted by atomic mass is 10.1. The molecule has 1 saturated heterocycles. The number of carbonyl (C=O) groups excluding carboxylic acids is 1. The number of amides is 1. The third kappa shape index (κ3) is 6.25. The van der Waals surface area contributed by atoms with Crippen LogP contribution < -0.4 is 10.1 Å². The molecule has 0 atom stereocenters. The zero-order valence-corrected chi connectivity index (χ0v) is 20.4. The highest BCUT2D eigenvalue weighted by Gasteiger charge is 2.19. The van der Waals surface area contributed by atoms with Crippen molar-refractivity contribution in [2.75, 3.05) is 38.2 Å². The van der Waals surface area contributed by atoms with E-state index in [0.29, 0.717) is 24.6 Å². The van der Waals surface area contributed by atoms with E-state index in [4.69, 9.17) is 14.5 Å². The molecule has 5 rings (SSSR count). The second-order valence-electron chi connectivity index (χ2n) is 8.55. The normalized spacial score (nSPS) is 14.2. The molecule has 2 heterocycles. The Morgan fingerprint density at radius 1 is 1.00 bits per heavy atom. The third-order valence-electron chi connectivity index (χ3n) is 6.00. The molecule has 4 aromatic rings. The van der Waals surface area contributed by atoms with Crippen molar-refractivity contribution in [3.63, 3.8) is 0 Å². The van der Waals surface area contributed by atoms with Gasteiger partial charge in [0.25, 0.3) is 0 Å². The van der Waals surface area contributed by atoms with Crippen molar-refractivity contribution in [2.45, 2.75) is 19.4 Å². The number of carbonyl (C=O) groups is 1. The number of fused-ring (bicyclic) bond motifs is 1. The van der Waals surface area contributed by atoms with Gasteiger partial charge < -0.3 is 14.8 Å². The predicted molar refractivity (Wildman–Crippen MR) is 141 cm³/mol. The van der Waals surface area contributed by atoms with Gasteiger partial charge in [0.15, 0.2) is 5.13 Å². The molecule has 180 valence electrons. The molecule has 0 bridgehead atoms. The lowest BCUT2D eigenvalue weighted by Gasteiger charge is -2.26. The molecule has 0 aliphatic carbocycles. The summed E-state index contributed by atoms with van der Waals surface area (Å²) >= 11 is 1.56. The van der Waals surface area contributed by atoms with E-state index in [-0.39, 0.29) is 5.91 Å². The Balaban J connectivity index is 1.17. The Bertz CT molecular complexity index is 1270. The first-order chi connectivity index (χ1) is 17.2. The molecule has 1 fully saturated rings. The molecule has 7 heteroatoms. The number of anilines is 1. The second-order valence-corrected chi connectivity index (χ2v) is 9.64. The van der Waals surface area contributed by atoms with Crippen molar-refractivity contribution in [3.8, 4) is 17.0 Å². The quantitative estimate of drug-likeness (QED) is 0.312. The Labute approximate surface area is 209 Å². The van der Waals surface area contributed by atoms with Crippen molar-refractivity contribution >= 4 is 33.1 Å². The highest BCUT2D eigenvalue weighted by atomic mass is 32.1. The van der Waals surface area contributed by atoms with E-state index >= 15 is 0 Å². The zero-order valence-electron chi connectivity index (χ0n) is 19.6. The highest BCUT2D eigenvalue weighted by molar-refractivity contribution is 7.16. The first kappa shape index (κ1) is 23.5. The fourth-order valence-corrected chi connectivity index (χ4v) is 5.20. The first-order valence-corrected chi connectivity index (χ1v) is 12.8. The molecule has 0 spiro atoms. The molecule has 1 N–H and O–H groups in total. The topological polar surface area (TPSA) is 63.7 Å². The van der Waals surface area contributed by atoms with E-state index in [1.54, 1.807) is 11.3 Å². The number of nitrogens with one attached hydrogen (secondary N) is 1. The van der Waals surface area contributed by atoms with Crippen LogP contribution in [0.5, 0.6) is 5.75 Å². The Hall–Kier alpha value is -3.26. The van der Waals surface area contributed by atoms with Crippen LogP contribution in [0.1, 0.15) is 17.7 Å². The molecular weight excluding hydrogens is 458 g/mol. The third-order valence-corrected chi connectivity index (χ3v) is 6.96. The summed E-state index contributed by atoms with van der Waals surface area (Å²) in [6.45, 7) is 4.62. The number of rotatable bonds is 9. The fraction of sp³-hybridized carbons (Fsp3) is 0.286. The van der Waals surface area contributed by atoms with Crippen LogP contribution in [0.2, 0.25) is 0 Å². The average molecular weight is 488 g/mol. The zero-order chi connectivity index (χ0) is 23.9. The number of benzene rings is 3. The van der Waals surface area contributed by atoms with Crippen LogP contribution >= 0.6 is 11.3 Å². The van der Waals surface area contributed by atoms with Gasteiger partial charge in [-0.25, -0.2) is 4.98 Å². The largest absolute Gasteiger partial charge is 0.494 e. The molecule has 1 aromatic heterocycles. The minimum absolute atomic E-state index is 0.0432. The van der Waals surface area contributed by atoms with Crippen molar-refractivity contribution in [2.24, 2.45) is 0 Å². The van der Waals surface area contributed by atoms with Crippen LogP contribution in [-0.2, 0) is 16.1 Å².